The van der Waals surface area contributed by atoms with Gasteiger partial charge in [-0.05, 0) is 27.4 Å². The number of hydrogen-bond donors (Lipinski definition) is 1. The van der Waals surface area contributed by atoms with Crippen molar-refractivity contribution in [3.63, 3.8) is 0 Å². The molecule has 2 heteroatoms. The Morgan fingerprint density at radius 2 is 1.88 bits per heavy atom. The van der Waals surface area contributed by atoms with E-state index in [9.17, 15) is 0 Å². The summed E-state index contributed by atoms with van der Waals surface area (Å²) >= 11 is 0. The van der Waals surface area contributed by atoms with Crippen molar-refractivity contribution in [3.05, 3.63) is 0 Å². The zero-order valence-electron chi connectivity index (χ0n) is 6.23. The second-order valence-electron chi connectivity index (χ2n) is 2.61. The highest BCUT2D eigenvalue weighted by Crippen LogP contribution is 2.05. The Balaban J connectivity index is 3.71. The van der Waals surface area contributed by atoms with Crippen LogP contribution in [-0.4, -0.2) is 24.7 Å². The molecule has 2 nitrogen and oxygen atoms in total. The van der Waals surface area contributed by atoms with Crippen LogP contribution in [0.3, 0.4) is 0 Å². The van der Waals surface area contributed by atoms with Crippen LogP contribution in [0.25, 0.3) is 0 Å². The van der Waals surface area contributed by atoms with Crippen LogP contribution in [0.2, 0.25) is 0 Å². The minimum atomic E-state index is -0.125. The summed E-state index contributed by atoms with van der Waals surface area (Å²) < 4.78 is 0. The average Bonchev–Trinajstić information content (AvgIpc) is 1.67. The first-order valence-corrected chi connectivity index (χ1v) is 2.97. The highest BCUT2D eigenvalue weighted by molar-refractivity contribution is 4.71. The van der Waals surface area contributed by atoms with E-state index in [0.29, 0.717) is 0 Å². The fraction of sp³-hybridized carbons (Fsp3) is 1.00. The molecule has 0 radical (unpaired) electrons. The van der Waals surface area contributed by atoms with Gasteiger partial charge in [0.15, 0.2) is 0 Å². The van der Waals surface area contributed by atoms with E-state index in [-0.39, 0.29) is 5.66 Å². The van der Waals surface area contributed by atoms with Gasteiger partial charge in [-0.25, -0.2) is 0 Å². The molecule has 0 saturated heterocycles. The molecule has 0 aliphatic heterocycles. The summed E-state index contributed by atoms with van der Waals surface area (Å²) in [6.45, 7) is 4.10. The zero-order valence-corrected chi connectivity index (χ0v) is 6.23. The highest BCUT2D eigenvalue weighted by atomic mass is 15.2. The molecular weight excluding hydrogens is 100 g/mol. The normalized spacial score (nSPS) is 18.8. The second-order valence-corrected chi connectivity index (χ2v) is 2.61. The van der Waals surface area contributed by atoms with E-state index in [1.807, 2.05) is 25.9 Å². The van der Waals surface area contributed by atoms with E-state index in [1.54, 1.807) is 0 Å². The molecule has 50 valence electrons. The first-order chi connectivity index (χ1) is 3.50. The van der Waals surface area contributed by atoms with Gasteiger partial charge >= 0.3 is 0 Å². The second kappa shape index (κ2) is 2.46. The smallest absolute Gasteiger partial charge is 0.0650 e. The van der Waals surface area contributed by atoms with Crippen molar-refractivity contribution < 1.29 is 0 Å². The summed E-state index contributed by atoms with van der Waals surface area (Å²) in [5.74, 6) is 0. The Hall–Kier alpha value is -0.0800. The van der Waals surface area contributed by atoms with Crippen LogP contribution < -0.4 is 5.73 Å². The van der Waals surface area contributed by atoms with Crippen LogP contribution in [0.5, 0.6) is 0 Å². The van der Waals surface area contributed by atoms with Crippen LogP contribution in [0.4, 0.5) is 0 Å². The average molecular weight is 116 g/mol. The molecule has 0 rings (SSSR count). The number of rotatable bonds is 2. The highest BCUT2D eigenvalue weighted by Gasteiger charge is 2.16. The monoisotopic (exact) mass is 116 g/mol. The molecular formula is C6H16N2. The standard InChI is InChI=1S/C6H16N2/c1-5-6(2,7)8(3)4/h5,7H2,1-4H3. The van der Waals surface area contributed by atoms with Crippen molar-refractivity contribution in [1.29, 1.82) is 0 Å². The van der Waals surface area contributed by atoms with Crippen molar-refractivity contribution in [2.45, 2.75) is 25.9 Å². The SMILES string of the molecule is CCC(C)(N)N(C)C. The maximum absolute atomic E-state index is 5.78. The lowest BCUT2D eigenvalue weighted by Crippen LogP contribution is -2.48. The summed E-state index contributed by atoms with van der Waals surface area (Å²) in [4.78, 5) is 2.02. The van der Waals surface area contributed by atoms with Gasteiger partial charge in [0.1, 0.15) is 0 Å². The maximum atomic E-state index is 5.78. The third kappa shape index (κ3) is 1.80. The van der Waals surface area contributed by atoms with E-state index in [0.717, 1.165) is 6.42 Å². The fourth-order valence-corrected chi connectivity index (χ4v) is 0.316. The molecule has 1 unspecified atom stereocenters. The van der Waals surface area contributed by atoms with Gasteiger partial charge in [-0.15, -0.1) is 0 Å². The van der Waals surface area contributed by atoms with Gasteiger partial charge in [0.25, 0.3) is 0 Å². The molecule has 0 aromatic rings. The van der Waals surface area contributed by atoms with Gasteiger partial charge in [-0.3, -0.25) is 4.90 Å². The molecule has 0 heterocycles. The molecule has 0 aliphatic carbocycles. The molecule has 0 fully saturated rings. The minimum absolute atomic E-state index is 0.125. The predicted octanol–water partition coefficient (Wildman–Crippen LogP) is 0.633. The van der Waals surface area contributed by atoms with Gasteiger partial charge in [-0.2, -0.15) is 0 Å². The van der Waals surface area contributed by atoms with Crippen molar-refractivity contribution in [1.82, 2.24) is 4.90 Å². The van der Waals surface area contributed by atoms with Crippen LogP contribution in [0.1, 0.15) is 20.3 Å². The minimum Gasteiger partial charge on any atom is -0.313 e. The van der Waals surface area contributed by atoms with Crippen LogP contribution in [-0.2, 0) is 0 Å². The largest absolute Gasteiger partial charge is 0.313 e. The molecule has 0 aromatic carbocycles. The Kier molecular flexibility index (Phi) is 2.44. The third-order valence-electron chi connectivity index (χ3n) is 1.74. The van der Waals surface area contributed by atoms with Gasteiger partial charge in [0, 0.05) is 0 Å². The van der Waals surface area contributed by atoms with Gasteiger partial charge < -0.3 is 5.73 Å². The quantitative estimate of drug-likeness (QED) is 0.536. The lowest BCUT2D eigenvalue weighted by Gasteiger charge is -2.30. The van der Waals surface area contributed by atoms with Crippen molar-refractivity contribution in [2.75, 3.05) is 14.1 Å². The Morgan fingerprint density at radius 3 is 1.88 bits per heavy atom. The van der Waals surface area contributed by atoms with Gasteiger partial charge in [-0.1, -0.05) is 6.92 Å². The van der Waals surface area contributed by atoms with E-state index in [2.05, 4.69) is 6.92 Å². The van der Waals surface area contributed by atoms with E-state index in [1.165, 1.54) is 0 Å². The van der Waals surface area contributed by atoms with E-state index < -0.39 is 0 Å². The first-order valence-electron chi connectivity index (χ1n) is 2.97. The molecule has 0 aromatic heterocycles. The summed E-state index contributed by atoms with van der Waals surface area (Å²) in [5.41, 5.74) is 5.66. The van der Waals surface area contributed by atoms with E-state index >= 15 is 0 Å². The van der Waals surface area contributed by atoms with Gasteiger partial charge in [0.2, 0.25) is 0 Å². The maximum Gasteiger partial charge on any atom is 0.0650 e. The summed E-state index contributed by atoms with van der Waals surface area (Å²) in [6, 6.07) is 0. The Morgan fingerprint density at radius 1 is 1.50 bits per heavy atom. The third-order valence-corrected chi connectivity index (χ3v) is 1.74. The molecule has 0 bridgehead atoms. The lowest BCUT2D eigenvalue weighted by atomic mass is 10.1. The predicted molar refractivity (Wildman–Crippen MR) is 36.6 cm³/mol. The van der Waals surface area contributed by atoms with E-state index in [4.69, 9.17) is 5.73 Å². The molecule has 0 spiro atoms. The fourth-order valence-electron chi connectivity index (χ4n) is 0.316. The Labute approximate surface area is 51.7 Å². The summed E-state index contributed by atoms with van der Waals surface area (Å²) in [7, 11) is 3.98. The zero-order chi connectivity index (χ0) is 6.78. The molecule has 8 heavy (non-hydrogen) atoms. The molecule has 0 saturated carbocycles. The lowest BCUT2D eigenvalue weighted by molar-refractivity contribution is 0.175. The van der Waals surface area contributed by atoms with Crippen LogP contribution in [0, 0.1) is 0 Å². The Bertz CT molecular complexity index is 66.9. The molecule has 0 aliphatic rings. The number of nitrogens with two attached hydrogens (primary N) is 1. The van der Waals surface area contributed by atoms with Crippen molar-refractivity contribution in [3.8, 4) is 0 Å². The van der Waals surface area contributed by atoms with Crippen LogP contribution in [0.15, 0.2) is 0 Å². The summed E-state index contributed by atoms with van der Waals surface area (Å²) in [5, 5.41) is 0. The topological polar surface area (TPSA) is 29.3 Å². The number of nitrogens with zero attached hydrogens (tertiary/aromatic N) is 1. The van der Waals surface area contributed by atoms with Gasteiger partial charge in [0.05, 0.1) is 5.66 Å². The first kappa shape index (κ1) is 7.92. The molecule has 1 atom stereocenters. The van der Waals surface area contributed by atoms with Crippen LogP contribution >= 0.6 is 0 Å². The number of hydrogen-bond acceptors (Lipinski definition) is 2. The molecule has 2 N–H and O–H groups in total. The summed E-state index contributed by atoms with van der Waals surface area (Å²) in [6.07, 6.45) is 0.986. The molecule has 0 amide bonds. The van der Waals surface area contributed by atoms with Crippen molar-refractivity contribution >= 4 is 0 Å². The van der Waals surface area contributed by atoms with Crippen molar-refractivity contribution in [2.24, 2.45) is 5.73 Å².